The standard InChI is InChI=1S/C11H10ClFINO/c12-9-3-1-2-8(10(9)14)11(16)15-5-4-7(13)6-15/h1-3,7H,4-6H2/t7-/m1/s1. The fraction of sp³-hybridized carbons (Fsp3) is 0.364. The molecule has 0 aromatic heterocycles. The van der Waals surface area contributed by atoms with Crippen LogP contribution >= 0.6 is 34.2 Å². The van der Waals surface area contributed by atoms with E-state index in [1.54, 1.807) is 23.1 Å². The summed E-state index contributed by atoms with van der Waals surface area (Å²) < 4.78 is 13.7. The van der Waals surface area contributed by atoms with Crippen LogP contribution < -0.4 is 0 Å². The van der Waals surface area contributed by atoms with Gasteiger partial charge in [-0.1, -0.05) is 17.7 Å². The summed E-state index contributed by atoms with van der Waals surface area (Å²) in [5.41, 5.74) is 0.558. The second kappa shape index (κ2) is 4.87. The highest BCUT2D eigenvalue weighted by Gasteiger charge is 2.27. The van der Waals surface area contributed by atoms with Crippen molar-refractivity contribution in [2.75, 3.05) is 13.1 Å². The zero-order valence-electron chi connectivity index (χ0n) is 8.42. The van der Waals surface area contributed by atoms with Crippen molar-refractivity contribution in [1.82, 2.24) is 4.90 Å². The number of carbonyl (C=O) groups is 1. The summed E-state index contributed by atoms with van der Waals surface area (Å²) in [4.78, 5) is 13.6. The molecule has 0 saturated carbocycles. The van der Waals surface area contributed by atoms with Crippen LogP contribution in [0.25, 0.3) is 0 Å². The van der Waals surface area contributed by atoms with E-state index in [9.17, 15) is 9.18 Å². The summed E-state index contributed by atoms with van der Waals surface area (Å²) in [7, 11) is 0. The number of amides is 1. The van der Waals surface area contributed by atoms with Crippen molar-refractivity contribution in [2.45, 2.75) is 12.6 Å². The van der Waals surface area contributed by atoms with Crippen LogP contribution in [0.15, 0.2) is 18.2 Å². The van der Waals surface area contributed by atoms with E-state index < -0.39 is 6.17 Å². The minimum absolute atomic E-state index is 0.132. The van der Waals surface area contributed by atoms with Gasteiger partial charge in [0.15, 0.2) is 0 Å². The lowest BCUT2D eigenvalue weighted by molar-refractivity contribution is 0.0782. The van der Waals surface area contributed by atoms with E-state index in [1.807, 2.05) is 22.6 Å². The molecule has 0 bridgehead atoms. The fourth-order valence-corrected chi connectivity index (χ4v) is 2.51. The predicted octanol–water partition coefficient (Wildman–Crippen LogP) is 3.13. The molecule has 1 aliphatic heterocycles. The summed E-state index contributed by atoms with van der Waals surface area (Å²) in [6.07, 6.45) is -0.455. The lowest BCUT2D eigenvalue weighted by Gasteiger charge is -2.16. The number of hydrogen-bond donors (Lipinski definition) is 0. The first kappa shape index (κ1) is 12.1. The monoisotopic (exact) mass is 353 g/mol. The molecular weight excluding hydrogens is 343 g/mol. The van der Waals surface area contributed by atoms with Crippen molar-refractivity contribution >= 4 is 40.1 Å². The van der Waals surface area contributed by atoms with Crippen molar-refractivity contribution in [3.63, 3.8) is 0 Å². The second-order valence-corrected chi connectivity index (χ2v) is 5.22. The van der Waals surface area contributed by atoms with Crippen LogP contribution in [-0.4, -0.2) is 30.1 Å². The van der Waals surface area contributed by atoms with Gasteiger partial charge in [0.25, 0.3) is 5.91 Å². The van der Waals surface area contributed by atoms with E-state index in [4.69, 9.17) is 11.6 Å². The van der Waals surface area contributed by atoms with Gasteiger partial charge < -0.3 is 4.90 Å². The summed E-state index contributed by atoms with van der Waals surface area (Å²) in [6, 6.07) is 5.20. The largest absolute Gasteiger partial charge is 0.336 e. The van der Waals surface area contributed by atoms with Gasteiger partial charge in [-0.15, -0.1) is 0 Å². The van der Waals surface area contributed by atoms with Crippen LogP contribution in [0.5, 0.6) is 0 Å². The Bertz CT molecular complexity index is 426. The molecule has 2 rings (SSSR count). The number of carbonyl (C=O) groups excluding carboxylic acids is 1. The molecule has 1 amide bonds. The number of nitrogens with zero attached hydrogens (tertiary/aromatic N) is 1. The Morgan fingerprint density at radius 1 is 1.56 bits per heavy atom. The molecule has 1 aliphatic rings. The molecule has 1 heterocycles. The van der Waals surface area contributed by atoms with E-state index in [0.29, 0.717) is 23.6 Å². The maximum absolute atomic E-state index is 13.0. The van der Waals surface area contributed by atoms with Crippen LogP contribution in [0.2, 0.25) is 5.02 Å². The highest BCUT2D eigenvalue weighted by atomic mass is 127. The molecule has 0 radical (unpaired) electrons. The van der Waals surface area contributed by atoms with Crippen LogP contribution in [0.3, 0.4) is 0 Å². The molecule has 0 spiro atoms. The topological polar surface area (TPSA) is 20.3 Å². The van der Waals surface area contributed by atoms with Crippen LogP contribution in [0.1, 0.15) is 16.8 Å². The van der Waals surface area contributed by atoms with Crippen LogP contribution in [0.4, 0.5) is 4.39 Å². The number of benzene rings is 1. The average Bonchev–Trinajstić information content (AvgIpc) is 2.68. The Morgan fingerprint density at radius 3 is 2.94 bits per heavy atom. The van der Waals surface area contributed by atoms with E-state index in [-0.39, 0.29) is 12.5 Å². The molecule has 5 heteroatoms. The number of halogens is 3. The third-order valence-electron chi connectivity index (χ3n) is 2.60. The Hall–Kier alpha value is -0.360. The number of likely N-dealkylation sites (tertiary alicyclic amines) is 1. The SMILES string of the molecule is O=C(c1cccc(Cl)c1I)N1CC[C@@H](F)C1. The van der Waals surface area contributed by atoms with Gasteiger partial charge >= 0.3 is 0 Å². The molecular formula is C11H10ClFINO. The average molecular weight is 354 g/mol. The number of alkyl halides is 1. The lowest BCUT2D eigenvalue weighted by atomic mass is 10.2. The quantitative estimate of drug-likeness (QED) is 0.711. The zero-order chi connectivity index (χ0) is 11.7. The Morgan fingerprint density at radius 2 is 2.31 bits per heavy atom. The number of rotatable bonds is 1. The van der Waals surface area contributed by atoms with E-state index >= 15 is 0 Å². The van der Waals surface area contributed by atoms with Gasteiger partial charge in [-0.2, -0.15) is 0 Å². The van der Waals surface area contributed by atoms with Crippen molar-refractivity contribution in [3.8, 4) is 0 Å². The smallest absolute Gasteiger partial charge is 0.255 e. The van der Waals surface area contributed by atoms with Crippen LogP contribution in [0, 0.1) is 3.57 Å². The Kier molecular flexibility index (Phi) is 3.69. The number of hydrogen-bond acceptors (Lipinski definition) is 1. The summed E-state index contributed by atoms with van der Waals surface area (Å²) in [5, 5.41) is 0.558. The lowest BCUT2D eigenvalue weighted by Crippen LogP contribution is -2.29. The van der Waals surface area contributed by atoms with Gasteiger partial charge in [-0.25, -0.2) is 4.39 Å². The molecule has 0 N–H and O–H groups in total. The third-order valence-corrected chi connectivity index (χ3v) is 4.40. The maximum Gasteiger partial charge on any atom is 0.255 e. The Labute approximate surface area is 112 Å². The van der Waals surface area contributed by atoms with E-state index in [2.05, 4.69) is 0 Å². The highest BCUT2D eigenvalue weighted by molar-refractivity contribution is 14.1. The molecule has 1 aromatic carbocycles. The van der Waals surface area contributed by atoms with Gasteiger partial charge in [0.1, 0.15) is 6.17 Å². The van der Waals surface area contributed by atoms with E-state index in [1.165, 1.54) is 0 Å². The zero-order valence-corrected chi connectivity index (χ0v) is 11.3. The summed E-state index contributed by atoms with van der Waals surface area (Å²) in [6.45, 7) is 0.685. The van der Waals surface area contributed by atoms with Gasteiger partial charge in [0.2, 0.25) is 0 Å². The van der Waals surface area contributed by atoms with E-state index in [0.717, 1.165) is 3.57 Å². The molecule has 1 fully saturated rings. The minimum Gasteiger partial charge on any atom is -0.336 e. The minimum atomic E-state index is -0.888. The first-order valence-electron chi connectivity index (χ1n) is 4.97. The van der Waals surface area contributed by atoms with Gasteiger partial charge in [-0.05, 0) is 41.1 Å². The molecule has 1 aromatic rings. The predicted molar refractivity (Wildman–Crippen MR) is 69.6 cm³/mol. The van der Waals surface area contributed by atoms with Crippen molar-refractivity contribution in [2.24, 2.45) is 0 Å². The van der Waals surface area contributed by atoms with Crippen molar-refractivity contribution in [3.05, 3.63) is 32.4 Å². The Balaban J connectivity index is 2.24. The molecule has 86 valence electrons. The summed E-state index contributed by atoms with van der Waals surface area (Å²) >= 11 is 7.98. The molecule has 1 atom stereocenters. The highest BCUT2D eigenvalue weighted by Crippen LogP contribution is 2.24. The van der Waals surface area contributed by atoms with Crippen LogP contribution in [-0.2, 0) is 0 Å². The molecule has 16 heavy (non-hydrogen) atoms. The normalized spacial score (nSPS) is 20.2. The van der Waals surface area contributed by atoms with Gasteiger partial charge in [-0.3, -0.25) is 4.79 Å². The molecule has 0 aliphatic carbocycles. The first-order valence-corrected chi connectivity index (χ1v) is 6.42. The molecule has 0 unspecified atom stereocenters. The fourth-order valence-electron chi connectivity index (χ4n) is 1.74. The van der Waals surface area contributed by atoms with Crippen molar-refractivity contribution in [1.29, 1.82) is 0 Å². The van der Waals surface area contributed by atoms with Gasteiger partial charge in [0.05, 0.1) is 17.1 Å². The van der Waals surface area contributed by atoms with Crippen molar-refractivity contribution < 1.29 is 9.18 Å². The first-order chi connectivity index (χ1) is 7.59. The molecule has 2 nitrogen and oxygen atoms in total. The van der Waals surface area contributed by atoms with Gasteiger partial charge in [0, 0.05) is 10.1 Å². The summed E-state index contributed by atoms with van der Waals surface area (Å²) in [5.74, 6) is -0.132. The second-order valence-electron chi connectivity index (χ2n) is 3.74. The maximum atomic E-state index is 13.0. The third kappa shape index (κ3) is 2.32. The molecule has 1 saturated heterocycles.